The Kier molecular flexibility index (Phi) is 2.01. The van der Waals surface area contributed by atoms with Crippen molar-refractivity contribution in [2.45, 2.75) is 25.4 Å². The average molecular weight is 253 g/mol. The van der Waals surface area contributed by atoms with Crippen molar-refractivity contribution in [1.82, 2.24) is 0 Å². The molecule has 1 N–H and O–H groups in total. The first kappa shape index (κ1) is 10.6. The molecule has 0 bridgehead atoms. The number of hydrogen-bond donors (Lipinski definition) is 1. The molecule has 1 amide bonds. The van der Waals surface area contributed by atoms with Gasteiger partial charge in [-0.1, -0.05) is 0 Å². The second kappa shape index (κ2) is 3.22. The van der Waals surface area contributed by atoms with E-state index in [-0.39, 0.29) is 16.4 Å². The summed E-state index contributed by atoms with van der Waals surface area (Å²) in [6.07, 6.45) is 1.76. The van der Waals surface area contributed by atoms with Crippen LogP contribution in [0.5, 0.6) is 5.75 Å². The molecule has 0 saturated heterocycles. The van der Waals surface area contributed by atoms with Crippen molar-refractivity contribution < 1.29 is 19.4 Å². The Hall–Kier alpha value is -1.56. The number of carboxylic acid groups (broad SMARTS) is 1. The lowest BCUT2D eigenvalue weighted by Crippen LogP contribution is -2.43. The van der Waals surface area contributed by atoms with Gasteiger partial charge in [-0.3, -0.25) is 4.79 Å². The number of nitrogens with zero attached hydrogens (tertiary/aromatic N) is 1. The van der Waals surface area contributed by atoms with Crippen LogP contribution < -0.4 is 9.64 Å². The highest BCUT2D eigenvalue weighted by Crippen LogP contribution is 2.51. The standard InChI is InChI=1S/C11H11NO4S/c1-6(13)12-5-11(2-3-11)16-8-7(12)4-17-9(8)10(14)15/h4H,2-3,5H2,1H3,(H,14,15). The van der Waals surface area contributed by atoms with E-state index in [0.29, 0.717) is 18.0 Å². The number of aromatic carboxylic acids is 1. The number of thiophene rings is 1. The molecule has 6 heteroatoms. The molecular weight excluding hydrogens is 242 g/mol. The van der Waals surface area contributed by atoms with Gasteiger partial charge in [0.15, 0.2) is 10.6 Å². The maximum absolute atomic E-state index is 11.6. The molecule has 1 fully saturated rings. The van der Waals surface area contributed by atoms with Crippen LogP contribution in [0.1, 0.15) is 29.4 Å². The van der Waals surface area contributed by atoms with Gasteiger partial charge in [0, 0.05) is 12.3 Å². The summed E-state index contributed by atoms with van der Waals surface area (Å²) in [5.41, 5.74) is 0.265. The summed E-state index contributed by atoms with van der Waals surface area (Å²) in [5, 5.41) is 10.7. The Bertz CT molecular complexity index is 518. The summed E-state index contributed by atoms with van der Waals surface area (Å²) >= 11 is 1.10. The van der Waals surface area contributed by atoms with E-state index >= 15 is 0 Å². The van der Waals surface area contributed by atoms with Crippen LogP contribution in [0.25, 0.3) is 0 Å². The largest absolute Gasteiger partial charge is 0.481 e. The summed E-state index contributed by atoms with van der Waals surface area (Å²) in [6, 6.07) is 0. The zero-order chi connectivity index (χ0) is 12.2. The van der Waals surface area contributed by atoms with Crippen molar-refractivity contribution in [3.8, 4) is 5.75 Å². The lowest BCUT2D eigenvalue weighted by Gasteiger charge is -2.33. The molecule has 1 aromatic rings. The van der Waals surface area contributed by atoms with Gasteiger partial charge in [-0.05, 0) is 12.8 Å². The molecule has 2 heterocycles. The Balaban J connectivity index is 2.10. The van der Waals surface area contributed by atoms with Gasteiger partial charge in [0.25, 0.3) is 0 Å². The normalized spacial score (nSPS) is 19.7. The van der Waals surface area contributed by atoms with E-state index in [1.54, 1.807) is 10.3 Å². The Labute approximate surface area is 102 Å². The van der Waals surface area contributed by atoms with Crippen molar-refractivity contribution in [3.05, 3.63) is 10.3 Å². The van der Waals surface area contributed by atoms with Crippen molar-refractivity contribution in [2.75, 3.05) is 11.4 Å². The first-order valence-electron chi connectivity index (χ1n) is 5.34. The molecule has 0 atom stereocenters. The third-order valence-corrected chi connectivity index (χ3v) is 4.10. The summed E-state index contributed by atoms with van der Waals surface area (Å²) in [4.78, 5) is 24.5. The number of carbonyl (C=O) groups is 2. The average Bonchev–Trinajstić information content (AvgIpc) is 2.86. The lowest BCUT2D eigenvalue weighted by atomic mass is 10.2. The monoisotopic (exact) mass is 253 g/mol. The van der Waals surface area contributed by atoms with Gasteiger partial charge in [0.1, 0.15) is 5.60 Å². The van der Waals surface area contributed by atoms with E-state index < -0.39 is 5.97 Å². The third-order valence-electron chi connectivity index (χ3n) is 3.16. The fraction of sp³-hybridized carbons (Fsp3) is 0.455. The SMILES string of the molecule is CC(=O)N1CC2(CC2)Oc2c1csc2C(=O)O. The number of hydrogen-bond acceptors (Lipinski definition) is 4. The third kappa shape index (κ3) is 1.51. The van der Waals surface area contributed by atoms with Crippen LogP contribution in [-0.2, 0) is 4.79 Å². The molecule has 3 rings (SSSR count). The van der Waals surface area contributed by atoms with Gasteiger partial charge < -0.3 is 14.7 Å². The maximum Gasteiger partial charge on any atom is 0.349 e. The molecule has 0 radical (unpaired) electrons. The van der Waals surface area contributed by atoms with Gasteiger partial charge >= 0.3 is 5.97 Å². The van der Waals surface area contributed by atoms with E-state index in [4.69, 9.17) is 9.84 Å². The predicted molar refractivity (Wildman–Crippen MR) is 61.9 cm³/mol. The van der Waals surface area contributed by atoms with E-state index in [2.05, 4.69) is 0 Å². The van der Waals surface area contributed by atoms with Crippen molar-refractivity contribution in [3.63, 3.8) is 0 Å². The molecule has 0 aromatic carbocycles. The molecule has 1 saturated carbocycles. The predicted octanol–water partition coefficient (Wildman–Crippen LogP) is 1.72. The topological polar surface area (TPSA) is 66.8 Å². The van der Waals surface area contributed by atoms with Crippen molar-refractivity contribution in [1.29, 1.82) is 0 Å². The molecule has 5 nitrogen and oxygen atoms in total. The molecule has 90 valence electrons. The van der Waals surface area contributed by atoms with Gasteiger partial charge in [-0.2, -0.15) is 0 Å². The minimum Gasteiger partial charge on any atom is -0.481 e. The number of fused-ring (bicyclic) bond motifs is 1. The Morgan fingerprint density at radius 1 is 1.53 bits per heavy atom. The van der Waals surface area contributed by atoms with Crippen molar-refractivity contribution >= 4 is 28.9 Å². The zero-order valence-electron chi connectivity index (χ0n) is 9.23. The fourth-order valence-electron chi connectivity index (χ4n) is 2.07. The van der Waals surface area contributed by atoms with Gasteiger partial charge in [0.05, 0.1) is 12.2 Å². The van der Waals surface area contributed by atoms with Crippen LogP contribution >= 0.6 is 11.3 Å². The molecule has 1 spiro atoms. The molecular formula is C11H11NO4S. The first-order chi connectivity index (χ1) is 8.02. The smallest absolute Gasteiger partial charge is 0.349 e. The number of carboxylic acids is 1. The molecule has 2 aliphatic rings. The van der Waals surface area contributed by atoms with Crippen LogP contribution in [0, 0.1) is 0 Å². The lowest BCUT2D eigenvalue weighted by molar-refractivity contribution is -0.117. The molecule has 1 aliphatic carbocycles. The summed E-state index contributed by atoms with van der Waals surface area (Å²) in [7, 11) is 0. The van der Waals surface area contributed by atoms with Crippen LogP contribution in [0.15, 0.2) is 5.38 Å². The van der Waals surface area contributed by atoms with E-state index in [1.165, 1.54) is 6.92 Å². The summed E-state index contributed by atoms with van der Waals surface area (Å²) < 4.78 is 5.78. The zero-order valence-corrected chi connectivity index (χ0v) is 10.0. The van der Waals surface area contributed by atoms with Crippen LogP contribution in [-0.4, -0.2) is 29.1 Å². The highest BCUT2D eigenvalue weighted by molar-refractivity contribution is 7.13. The molecule has 0 unspecified atom stereocenters. The summed E-state index contributed by atoms with van der Waals surface area (Å²) in [6.45, 7) is 2.02. The van der Waals surface area contributed by atoms with Crippen molar-refractivity contribution in [2.24, 2.45) is 0 Å². The Morgan fingerprint density at radius 2 is 2.24 bits per heavy atom. The van der Waals surface area contributed by atoms with Crippen LogP contribution in [0.3, 0.4) is 0 Å². The van der Waals surface area contributed by atoms with Gasteiger partial charge in [0.2, 0.25) is 5.91 Å². The number of ether oxygens (including phenoxy) is 1. The minimum atomic E-state index is -1.00. The number of amides is 1. The number of rotatable bonds is 1. The summed E-state index contributed by atoms with van der Waals surface area (Å²) in [5.74, 6) is -0.713. The van der Waals surface area contributed by atoms with Crippen LogP contribution in [0.4, 0.5) is 5.69 Å². The van der Waals surface area contributed by atoms with E-state index in [1.807, 2.05) is 0 Å². The second-order valence-corrected chi connectivity index (χ2v) is 5.35. The molecule has 1 aliphatic heterocycles. The quantitative estimate of drug-likeness (QED) is 0.827. The van der Waals surface area contributed by atoms with Gasteiger partial charge in [-0.15, -0.1) is 11.3 Å². The fourth-order valence-corrected chi connectivity index (χ4v) is 2.89. The maximum atomic E-state index is 11.6. The minimum absolute atomic E-state index is 0.0736. The second-order valence-electron chi connectivity index (χ2n) is 4.47. The number of carbonyl (C=O) groups excluding carboxylic acids is 1. The first-order valence-corrected chi connectivity index (χ1v) is 6.22. The number of anilines is 1. The molecule has 17 heavy (non-hydrogen) atoms. The van der Waals surface area contributed by atoms with Crippen LogP contribution in [0.2, 0.25) is 0 Å². The molecule has 1 aromatic heterocycles. The van der Waals surface area contributed by atoms with Gasteiger partial charge in [-0.25, -0.2) is 4.79 Å². The highest BCUT2D eigenvalue weighted by Gasteiger charge is 2.52. The van der Waals surface area contributed by atoms with E-state index in [9.17, 15) is 9.59 Å². The van der Waals surface area contributed by atoms with E-state index in [0.717, 1.165) is 24.2 Å². The highest BCUT2D eigenvalue weighted by atomic mass is 32.1. The Morgan fingerprint density at radius 3 is 2.76 bits per heavy atom.